The van der Waals surface area contributed by atoms with Gasteiger partial charge in [-0.25, -0.2) is 4.98 Å². The Hall–Kier alpha value is -2.90. The van der Waals surface area contributed by atoms with E-state index in [0.717, 1.165) is 23.1 Å². The van der Waals surface area contributed by atoms with E-state index in [1.54, 1.807) is 7.11 Å². The summed E-state index contributed by atoms with van der Waals surface area (Å²) in [4.78, 5) is 17.3. The van der Waals surface area contributed by atoms with E-state index in [4.69, 9.17) is 15.2 Å². The number of anilines is 1. The maximum absolute atomic E-state index is 12.7. The molecular weight excluding hydrogens is 344 g/mol. The number of amides is 1. The number of ether oxygens (including phenoxy) is 2. The summed E-state index contributed by atoms with van der Waals surface area (Å²) in [6.07, 6.45) is 0.873. The highest BCUT2D eigenvalue weighted by molar-refractivity contribution is 5.95. The van der Waals surface area contributed by atoms with Crippen molar-refractivity contribution in [1.82, 2.24) is 9.55 Å². The predicted octanol–water partition coefficient (Wildman–Crippen LogP) is 2.48. The van der Waals surface area contributed by atoms with Crippen LogP contribution in [0.25, 0.3) is 16.7 Å². The lowest BCUT2D eigenvalue weighted by Gasteiger charge is -2.15. The second kappa shape index (κ2) is 7.38. The van der Waals surface area contributed by atoms with E-state index < -0.39 is 6.10 Å². The van der Waals surface area contributed by atoms with Crippen molar-refractivity contribution >= 4 is 22.9 Å². The SMILES string of the molecule is COc1ccccc1-n1c(NC(=O)[C@@H]2CC[C@H](CN)O2)nc2ccccc21. The molecule has 1 fully saturated rings. The minimum atomic E-state index is -0.510. The van der Waals surface area contributed by atoms with Gasteiger partial charge in [0.15, 0.2) is 0 Å². The molecule has 7 nitrogen and oxygen atoms in total. The number of hydrogen-bond donors (Lipinski definition) is 2. The average Bonchev–Trinajstić information content (AvgIpc) is 3.32. The Balaban J connectivity index is 1.74. The molecule has 0 aliphatic carbocycles. The molecule has 3 N–H and O–H groups in total. The zero-order valence-corrected chi connectivity index (χ0v) is 15.1. The van der Waals surface area contributed by atoms with Crippen LogP contribution in [0.3, 0.4) is 0 Å². The molecule has 7 heteroatoms. The van der Waals surface area contributed by atoms with Crippen molar-refractivity contribution in [1.29, 1.82) is 0 Å². The standard InChI is InChI=1S/C20H22N4O3/c1-26-17-9-5-4-8-16(17)24-15-7-3-2-6-14(15)22-20(24)23-19(25)18-11-10-13(12-21)27-18/h2-9,13,18H,10-12,21H2,1H3,(H,22,23,25)/t13-,18+/m1/s1. The molecule has 1 aromatic heterocycles. The molecule has 3 aromatic rings. The molecule has 2 heterocycles. The first-order valence-electron chi connectivity index (χ1n) is 8.98. The van der Waals surface area contributed by atoms with Crippen LogP contribution in [0.15, 0.2) is 48.5 Å². The van der Waals surface area contributed by atoms with Gasteiger partial charge in [0.05, 0.1) is 29.9 Å². The van der Waals surface area contributed by atoms with E-state index in [2.05, 4.69) is 10.3 Å². The highest BCUT2D eigenvalue weighted by Crippen LogP contribution is 2.31. The number of hydrogen-bond acceptors (Lipinski definition) is 5. The van der Waals surface area contributed by atoms with Gasteiger partial charge in [0.25, 0.3) is 5.91 Å². The quantitative estimate of drug-likeness (QED) is 0.724. The van der Waals surface area contributed by atoms with Gasteiger partial charge in [-0.05, 0) is 37.1 Å². The van der Waals surface area contributed by atoms with E-state index in [1.807, 2.05) is 53.1 Å². The van der Waals surface area contributed by atoms with Gasteiger partial charge >= 0.3 is 0 Å². The number of imidazole rings is 1. The van der Waals surface area contributed by atoms with Gasteiger partial charge in [0.2, 0.25) is 5.95 Å². The number of nitrogens with zero attached hydrogens (tertiary/aromatic N) is 2. The van der Waals surface area contributed by atoms with Crippen LogP contribution in [0.5, 0.6) is 5.75 Å². The minimum absolute atomic E-state index is 0.0613. The molecular formula is C20H22N4O3. The van der Waals surface area contributed by atoms with Crippen molar-refractivity contribution in [3.8, 4) is 11.4 Å². The Kier molecular flexibility index (Phi) is 4.79. The largest absolute Gasteiger partial charge is 0.495 e. The number of rotatable bonds is 5. The van der Waals surface area contributed by atoms with Crippen LogP contribution in [0, 0.1) is 0 Å². The Labute approximate surface area is 157 Å². The summed E-state index contributed by atoms with van der Waals surface area (Å²) >= 11 is 0. The molecule has 0 saturated carbocycles. The third kappa shape index (κ3) is 3.27. The van der Waals surface area contributed by atoms with Crippen LogP contribution in [0.1, 0.15) is 12.8 Å². The zero-order chi connectivity index (χ0) is 18.8. The lowest BCUT2D eigenvalue weighted by Crippen LogP contribution is -2.30. The molecule has 0 bridgehead atoms. The predicted molar refractivity (Wildman–Crippen MR) is 103 cm³/mol. The average molecular weight is 366 g/mol. The van der Waals surface area contributed by atoms with Crippen molar-refractivity contribution in [2.24, 2.45) is 5.73 Å². The molecule has 1 amide bonds. The number of nitrogens with two attached hydrogens (primary N) is 1. The maximum atomic E-state index is 12.7. The monoisotopic (exact) mass is 366 g/mol. The number of para-hydroxylation sites is 4. The van der Waals surface area contributed by atoms with Crippen molar-refractivity contribution in [3.63, 3.8) is 0 Å². The Morgan fingerprint density at radius 2 is 2.04 bits per heavy atom. The van der Waals surface area contributed by atoms with E-state index in [9.17, 15) is 4.79 Å². The lowest BCUT2D eigenvalue weighted by molar-refractivity contribution is -0.126. The molecule has 2 atom stereocenters. The van der Waals surface area contributed by atoms with Gasteiger partial charge in [-0.15, -0.1) is 0 Å². The summed E-state index contributed by atoms with van der Waals surface area (Å²) in [6, 6.07) is 15.4. The number of benzene rings is 2. The normalized spacial score (nSPS) is 19.3. The molecule has 0 radical (unpaired) electrons. The summed E-state index contributed by atoms with van der Waals surface area (Å²) in [5, 5.41) is 2.93. The van der Waals surface area contributed by atoms with Crippen LogP contribution in [0.2, 0.25) is 0 Å². The Morgan fingerprint density at radius 1 is 1.26 bits per heavy atom. The van der Waals surface area contributed by atoms with E-state index >= 15 is 0 Å². The first-order valence-corrected chi connectivity index (χ1v) is 8.98. The third-order valence-electron chi connectivity index (χ3n) is 4.78. The molecule has 1 aliphatic rings. The molecule has 1 saturated heterocycles. The van der Waals surface area contributed by atoms with Gasteiger partial charge in [-0.1, -0.05) is 24.3 Å². The van der Waals surface area contributed by atoms with E-state index in [1.165, 1.54) is 0 Å². The fourth-order valence-electron chi connectivity index (χ4n) is 3.43. The fraction of sp³-hybridized carbons (Fsp3) is 0.300. The second-order valence-electron chi connectivity index (χ2n) is 6.48. The van der Waals surface area contributed by atoms with Crippen LogP contribution in [-0.4, -0.2) is 41.3 Å². The molecule has 2 aromatic carbocycles. The second-order valence-corrected chi connectivity index (χ2v) is 6.48. The van der Waals surface area contributed by atoms with Gasteiger partial charge < -0.3 is 15.2 Å². The number of nitrogens with one attached hydrogen (secondary N) is 1. The number of aromatic nitrogens is 2. The van der Waals surface area contributed by atoms with Gasteiger partial charge in [0, 0.05) is 6.54 Å². The molecule has 4 rings (SSSR count). The molecule has 1 aliphatic heterocycles. The number of carbonyl (C=O) groups is 1. The van der Waals surface area contributed by atoms with Gasteiger partial charge in [0.1, 0.15) is 11.9 Å². The highest BCUT2D eigenvalue weighted by atomic mass is 16.5. The highest BCUT2D eigenvalue weighted by Gasteiger charge is 2.31. The minimum Gasteiger partial charge on any atom is -0.495 e. The van der Waals surface area contributed by atoms with E-state index in [-0.39, 0.29) is 12.0 Å². The Bertz CT molecular complexity index is 969. The first kappa shape index (κ1) is 17.5. The van der Waals surface area contributed by atoms with Crippen molar-refractivity contribution in [2.45, 2.75) is 25.0 Å². The van der Waals surface area contributed by atoms with Crippen molar-refractivity contribution in [2.75, 3.05) is 19.0 Å². The summed E-state index contributed by atoms with van der Waals surface area (Å²) in [6.45, 7) is 0.420. The summed E-state index contributed by atoms with van der Waals surface area (Å²) in [7, 11) is 1.62. The molecule has 0 unspecified atom stereocenters. The summed E-state index contributed by atoms with van der Waals surface area (Å²) in [5.41, 5.74) is 8.11. The van der Waals surface area contributed by atoms with Gasteiger partial charge in [-0.3, -0.25) is 14.7 Å². The topological polar surface area (TPSA) is 91.4 Å². The summed E-state index contributed by atoms with van der Waals surface area (Å²) in [5.74, 6) is 0.916. The van der Waals surface area contributed by atoms with E-state index in [0.29, 0.717) is 24.7 Å². The Morgan fingerprint density at radius 3 is 2.81 bits per heavy atom. The van der Waals surface area contributed by atoms with Crippen LogP contribution >= 0.6 is 0 Å². The fourth-order valence-corrected chi connectivity index (χ4v) is 3.43. The lowest BCUT2D eigenvalue weighted by atomic mass is 10.2. The number of fused-ring (bicyclic) bond motifs is 1. The zero-order valence-electron chi connectivity index (χ0n) is 15.1. The number of carbonyl (C=O) groups excluding carboxylic acids is 1. The molecule has 27 heavy (non-hydrogen) atoms. The van der Waals surface area contributed by atoms with Gasteiger partial charge in [-0.2, -0.15) is 0 Å². The smallest absolute Gasteiger partial charge is 0.255 e. The van der Waals surface area contributed by atoms with Crippen LogP contribution in [0.4, 0.5) is 5.95 Å². The molecule has 0 spiro atoms. The summed E-state index contributed by atoms with van der Waals surface area (Å²) < 4.78 is 13.1. The van der Waals surface area contributed by atoms with Crippen molar-refractivity contribution in [3.05, 3.63) is 48.5 Å². The van der Waals surface area contributed by atoms with Crippen LogP contribution in [-0.2, 0) is 9.53 Å². The van der Waals surface area contributed by atoms with Crippen molar-refractivity contribution < 1.29 is 14.3 Å². The maximum Gasteiger partial charge on any atom is 0.255 e. The first-order chi connectivity index (χ1) is 13.2. The third-order valence-corrected chi connectivity index (χ3v) is 4.78. The number of methoxy groups -OCH3 is 1. The molecule has 140 valence electrons. The van der Waals surface area contributed by atoms with Crippen LogP contribution < -0.4 is 15.8 Å².